The molecule has 92 valence electrons. The Bertz CT molecular complexity index is 392. The molecule has 1 aliphatic heterocycles. The molecule has 0 saturated carbocycles. The van der Waals surface area contributed by atoms with E-state index in [1.807, 2.05) is 0 Å². The molecule has 2 nitrogen and oxygen atoms in total. The fraction of sp³-hybridized carbons (Fsp3) is 0.533. The zero-order valence-corrected chi connectivity index (χ0v) is 10.8. The summed E-state index contributed by atoms with van der Waals surface area (Å²) >= 11 is 0. The first-order chi connectivity index (χ1) is 8.22. The second-order valence-corrected chi connectivity index (χ2v) is 5.03. The zero-order valence-electron chi connectivity index (χ0n) is 10.8. The molecule has 0 aromatic heterocycles. The van der Waals surface area contributed by atoms with E-state index in [0.717, 1.165) is 19.4 Å². The minimum atomic E-state index is 0.597. The van der Waals surface area contributed by atoms with Gasteiger partial charge in [0.2, 0.25) is 0 Å². The second-order valence-electron chi connectivity index (χ2n) is 5.03. The van der Waals surface area contributed by atoms with Crippen LogP contribution in [0, 0.1) is 13.8 Å². The van der Waals surface area contributed by atoms with Gasteiger partial charge >= 0.3 is 0 Å². The molecular weight excluding hydrogens is 210 g/mol. The fourth-order valence-corrected chi connectivity index (χ4v) is 2.75. The van der Waals surface area contributed by atoms with Crippen LogP contribution in [0.3, 0.4) is 0 Å². The average Bonchev–Trinajstić information content (AvgIpc) is 2.34. The second kappa shape index (κ2) is 5.46. The van der Waals surface area contributed by atoms with Gasteiger partial charge in [-0.3, -0.25) is 4.90 Å². The van der Waals surface area contributed by atoms with E-state index in [9.17, 15) is 4.79 Å². The maximum atomic E-state index is 10.5. The molecule has 1 aromatic carbocycles. The summed E-state index contributed by atoms with van der Waals surface area (Å²) in [5.74, 6) is 0.679. The molecule has 17 heavy (non-hydrogen) atoms. The number of hydrogen-bond donors (Lipinski definition) is 0. The summed E-state index contributed by atoms with van der Waals surface area (Å²) in [6.07, 6.45) is 3.37. The molecule has 0 spiro atoms. The van der Waals surface area contributed by atoms with Gasteiger partial charge in [0.25, 0.3) is 0 Å². The molecule has 1 fully saturated rings. The summed E-state index contributed by atoms with van der Waals surface area (Å²) in [4.78, 5) is 12.7. The van der Waals surface area contributed by atoms with E-state index in [1.165, 1.54) is 29.5 Å². The highest BCUT2D eigenvalue weighted by atomic mass is 16.1. The van der Waals surface area contributed by atoms with Crippen LogP contribution in [0.4, 0.5) is 0 Å². The van der Waals surface area contributed by atoms with E-state index in [4.69, 9.17) is 0 Å². The molecule has 0 unspecified atom stereocenters. The van der Waals surface area contributed by atoms with Crippen molar-refractivity contribution in [3.8, 4) is 0 Å². The Hall–Kier alpha value is -1.15. The van der Waals surface area contributed by atoms with Crippen LogP contribution in [0.2, 0.25) is 0 Å². The van der Waals surface area contributed by atoms with Gasteiger partial charge in [-0.1, -0.05) is 18.2 Å². The van der Waals surface area contributed by atoms with Crippen molar-refractivity contribution in [2.75, 3.05) is 19.6 Å². The summed E-state index contributed by atoms with van der Waals surface area (Å²) in [5.41, 5.74) is 4.34. The Kier molecular flexibility index (Phi) is 3.95. The van der Waals surface area contributed by atoms with Crippen LogP contribution in [0.15, 0.2) is 18.2 Å². The van der Waals surface area contributed by atoms with E-state index in [-0.39, 0.29) is 0 Å². The number of benzene rings is 1. The molecule has 1 heterocycles. The van der Waals surface area contributed by atoms with Crippen molar-refractivity contribution < 1.29 is 4.79 Å². The Morgan fingerprint density at radius 2 is 2.00 bits per heavy atom. The monoisotopic (exact) mass is 231 g/mol. The molecule has 0 atom stereocenters. The SMILES string of the molecule is Cc1cccc(C2CCN(CC=O)CC2)c1C. The third kappa shape index (κ3) is 2.75. The molecule has 0 aliphatic carbocycles. The van der Waals surface area contributed by atoms with Crippen molar-refractivity contribution in [2.45, 2.75) is 32.6 Å². The first-order valence-corrected chi connectivity index (χ1v) is 6.44. The maximum absolute atomic E-state index is 10.5. The Morgan fingerprint density at radius 1 is 1.29 bits per heavy atom. The summed E-state index contributed by atoms with van der Waals surface area (Å²) in [7, 11) is 0. The molecule has 0 amide bonds. The maximum Gasteiger partial charge on any atom is 0.133 e. The molecular formula is C15H21NO. The average molecular weight is 231 g/mol. The van der Waals surface area contributed by atoms with Crippen LogP contribution in [-0.2, 0) is 4.79 Å². The highest BCUT2D eigenvalue weighted by molar-refractivity contribution is 5.52. The van der Waals surface area contributed by atoms with E-state index in [0.29, 0.717) is 12.5 Å². The van der Waals surface area contributed by atoms with Crippen LogP contribution in [0.25, 0.3) is 0 Å². The standard InChI is InChI=1S/C15H21NO/c1-12-4-3-5-15(13(12)2)14-6-8-16(9-7-14)10-11-17/h3-5,11,14H,6-10H2,1-2H3. The van der Waals surface area contributed by atoms with Crippen molar-refractivity contribution in [1.82, 2.24) is 4.90 Å². The van der Waals surface area contributed by atoms with Gasteiger partial charge in [0.15, 0.2) is 0 Å². The van der Waals surface area contributed by atoms with E-state index in [1.54, 1.807) is 0 Å². The molecule has 1 aliphatic rings. The number of likely N-dealkylation sites (tertiary alicyclic amines) is 1. The molecule has 0 radical (unpaired) electrons. The minimum Gasteiger partial charge on any atom is -0.302 e. The zero-order chi connectivity index (χ0) is 12.3. The van der Waals surface area contributed by atoms with E-state index in [2.05, 4.69) is 36.9 Å². The normalized spacial score (nSPS) is 18.2. The fourth-order valence-electron chi connectivity index (χ4n) is 2.75. The highest BCUT2D eigenvalue weighted by Gasteiger charge is 2.21. The van der Waals surface area contributed by atoms with Crippen LogP contribution in [0.5, 0.6) is 0 Å². The number of nitrogens with zero attached hydrogens (tertiary/aromatic N) is 1. The number of piperidine rings is 1. The predicted molar refractivity (Wildman–Crippen MR) is 70.4 cm³/mol. The van der Waals surface area contributed by atoms with Gasteiger partial charge in [0.1, 0.15) is 6.29 Å². The number of aldehydes is 1. The summed E-state index contributed by atoms with van der Waals surface area (Å²) < 4.78 is 0. The molecule has 2 rings (SSSR count). The lowest BCUT2D eigenvalue weighted by molar-refractivity contribution is -0.109. The van der Waals surface area contributed by atoms with Gasteiger partial charge in [-0.25, -0.2) is 0 Å². The molecule has 1 aromatic rings. The van der Waals surface area contributed by atoms with Crippen molar-refractivity contribution in [3.63, 3.8) is 0 Å². The van der Waals surface area contributed by atoms with Crippen LogP contribution in [-0.4, -0.2) is 30.8 Å². The quantitative estimate of drug-likeness (QED) is 0.745. The third-order valence-corrected chi connectivity index (χ3v) is 4.01. The van der Waals surface area contributed by atoms with Crippen LogP contribution >= 0.6 is 0 Å². The molecule has 2 heteroatoms. The number of aryl methyl sites for hydroxylation is 1. The van der Waals surface area contributed by atoms with Crippen molar-refractivity contribution in [3.05, 3.63) is 34.9 Å². The van der Waals surface area contributed by atoms with E-state index >= 15 is 0 Å². The number of hydrogen-bond acceptors (Lipinski definition) is 2. The first kappa shape index (κ1) is 12.3. The Balaban J connectivity index is 2.05. The Morgan fingerprint density at radius 3 is 2.65 bits per heavy atom. The lowest BCUT2D eigenvalue weighted by atomic mass is 9.85. The van der Waals surface area contributed by atoms with Crippen molar-refractivity contribution in [2.24, 2.45) is 0 Å². The topological polar surface area (TPSA) is 20.3 Å². The van der Waals surface area contributed by atoms with Gasteiger partial charge in [0.05, 0.1) is 6.54 Å². The predicted octanol–water partition coefficient (Wildman–Crippen LogP) is 2.68. The molecule has 0 bridgehead atoms. The van der Waals surface area contributed by atoms with E-state index < -0.39 is 0 Å². The number of rotatable bonds is 3. The lowest BCUT2D eigenvalue weighted by Gasteiger charge is -2.31. The van der Waals surface area contributed by atoms with Gasteiger partial charge in [0, 0.05) is 0 Å². The number of carbonyl (C=O) groups is 1. The highest BCUT2D eigenvalue weighted by Crippen LogP contribution is 2.30. The number of carbonyl (C=O) groups excluding carboxylic acids is 1. The first-order valence-electron chi connectivity index (χ1n) is 6.44. The van der Waals surface area contributed by atoms with Gasteiger partial charge in [-0.2, -0.15) is 0 Å². The lowest BCUT2D eigenvalue weighted by Crippen LogP contribution is -2.34. The minimum absolute atomic E-state index is 0.597. The smallest absolute Gasteiger partial charge is 0.133 e. The van der Waals surface area contributed by atoms with Gasteiger partial charge in [-0.15, -0.1) is 0 Å². The van der Waals surface area contributed by atoms with Crippen molar-refractivity contribution >= 4 is 6.29 Å². The van der Waals surface area contributed by atoms with Gasteiger partial charge in [-0.05, 0) is 62.4 Å². The van der Waals surface area contributed by atoms with Crippen LogP contribution in [0.1, 0.15) is 35.4 Å². The largest absolute Gasteiger partial charge is 0.302 e. The molecule has 1 saturated heterocycles. The van der Waals surface area contributed by atoms with Crippen LogP contribution < -0.4 is 0 Å². The molecule has 0 N–H and O–H groups in total. The summed E-state index contributed by atoms with van der Waals surface area (Å²) in [6.45, 7) is 7.11. The summed E-state index contributed by atoms with van der Waals surface area (Å²) in [6, 6.07) is 6.61. The van der Waals surface area contributed by atoms with Gasteiger partial charge < -0.3 is 4.79 Å². The van der Waals surface area contributed by atoms with Crippen molar-refractivity contribution in [1.29, 1.82) is 0 Å². The summed E-state index contributed by atoms with van der Waals surface area (Å²) in [5, 5.41) is 0. The Labute approximate surface area is 104 Å². The third-order valence-electron chi connectivity index (χ3n) is 4.01.